The summed E-state index contributed by atoms with van der Waals surface area (Å²) in [6, 6.07) is 3.78. The lowest BCUT2D eigenvalue weighted by atomic mass is 10.1. The van der Waals surface area contributed by atoms with E-state index in [9.17, 15) is 0 Å². The zero-order chi connectivity index (χ0) is 11.1. The molecule has 0 unspecified atom stereocenters. The number of hydrogen-bond acceptors (Lipinski definition) is 2. The van der Waals surface area contributed by atoms with Crippen molar-refractivity contribution in [2.24, 2.45) is 0 Å². The highest BCUT2D eigenvalue weighted by molar-refractivity contribution is 5.72. The lowest BCUT2D eigenvalue weighted by molar-refractivity contribution is 1.21. The Hall–Kier alpha value is -1.83. The molecule has 0 aliphatic rings. The van der Waals surface area contributed by atoms with Gasteiger partial charge < -0.3 is 5.73 Å². The largest absolute Gasteiger partial charge is 0.397 e. The number of anilines is 1. The van der Waals surface area contributed by atoms with Crippen molar-refractivity contribution in [2.45, 2.75) is 13.3 Å². The van der Waals surface area contributed by atoms with Crippen LogP contribution in [0.2, 0.25) is 0 Å². The summed E-state index contributed by atoms with van der Waals surface area (Å²) in [6.45, 7) is 5.74. The summed E-state index contributed by atoms with van der Waals surface area (Å²) in [4.78, 5) is 4.27. The number of aromatic nitrogens is 1. The van der Waals surface area contributed by atoms with E-state index in [0.717, 1.165) is 17.7 Å². The van der Waals surface area contributed by atoms with E-state index in [1.807, 2.05) is 24.3 Å². The molecule has 78 valence electrons. The first kappa shape index (κ1) is 11.2. The minimum Gasteiger partial charge on any atom is -0.397 e. The molecule has 0 radical (unpaired) electrons. The highest BCUT2D eigenvalue weighted by Crippen LogP contribution is 2.15. The maximum absolute atomic E-state index is 5.58. The molecule has 0 aliphatic heterocycles. The van der Waals surface area contributed by atoms with Gasteiger partial charge in [0.05, 0.1) is 17.6 Å². The third-order valence-corrected chi connectivity index (χ3v) is 1.92. The molecule has 0 saturated heterocycles. The van der Waals surface area contributed by atoms with Crippen LogP contribution in [0.1, 0.15) is 19.0 Å². The maximum Gasteiger partial charge on any atom is 0.0700 e. The quantitative estimate of drug-likeness (QED) is 0.758. The second-order valence-corrected chi connectivity index (χ2v) is 3.14. The zero-order valence-electron chi connectivity index (χ0n) is 8.98. The smallest absolute Gasteiger partial charge is 0.0700 e. The molecular formula is C13H16N2. The summed E-state index contributed by atoms with van der Waals surface area (Å²) in [5.74, 6) is 0. The molecule has 1 rings (SSSR count). The van der Waals surface area contributed by atoms with E-state index in [1.54, 1.807) is 12.3 Å². The minimum atomic E-state index is 0.683. The summed E-state index contributed by atoms with van der Waals surface area (Å²) in [5, 5.41) is 0. The van der Waals surface area contributed by atoms with Crippen LogP contribution in [0.3, 0.4) is 0 Å². The minimum absolute atomic E-state index is 0.683. The van der Waals surface area contributed by atoms with Gasteiger partial charge in [0.15, 0.2) is 0 Å². The molecule has 2 nitrogen and oxygen atoms in total. The molecule has 1 heterocycles. The van der Waals surface area contributed by atoms with Gasteiger partial charge in [0.2, 0.25) is 0 Å². The van der Waals surface area contributed by atoms with Crippen LogP contribution in [-0.2, 0) is 0 Å². The Bertz CT molecular complexity index is 372. The molecule has 1 aromatic heterocycles. The van der Waals surface area contributed by atoms with E-state index < -0.39 is 0 Å². The van der Waals surface area contributed by atoms with Crippen LogP contribution in [-0.4, -0.2) is 4.98 Å². The molecule has 0 amide bonds. The van der Waals surface area contributed by atoms with Gasteiger partial charge in [-0.05, 0) is 24.1 Å². The molecule has 1 aromatic rings. The van der Waals surface area contributed by atoms with Gasteiger partial charge >= 0.3 is 0 Å². The van der Waals surface area contributed by atoms with E-state index in [-0.39, 0.29) is 0 Å². The molecule has 0 spiro atoms. The summed E-state index contributed by atoms with van der Waals surface area (Å²) in [5.41, 5.74) is 8.30. The van der Waals surface area contributed by atoms with Gasteiger partial charge in [0.25, 0.3) is 0 Å². The van der Waals surface area contributed by atoms with E-state index in [0.29, 0.717) is 5.69 Å². The average Bonchev–Trinajstić information content (AvgIpc) is 2.25. The normalized spacial score (nSPS) is 11.9. The van der Waals surface area contributed by atoms with Crippen molar-refractivity contribution in [2.75, 3.05) is 5.73 Å². The van der Waals surface area contributed by atoms with Crippen LogP contribution in [0, 0.1) is 0 Å². The van der Waals surface area contributed by atoms with Crippen LogP contribution < -0.4 is 5.73 Å². The van der Waals surface area contributed by atoms with Crippen LogP contribution in [0.15, 0.2) is 49.2 Å². The molecule has 0 bridgehead atoms. The number of pyridine rings is 1. The number of nitrogens with two attached hydrogens (primary N) is 1. The van der Waals surface area contributed by atoms with Crippen molar-refractivity contribution < 1.29 is 0 Å². The first-order valence-electron chi connectivity index (χ1n) is 4.99. The molecular weight excluding hydrogens is 184 g/mol. The topological polar surface area (TPSA) is 38.9 Å². The highest BCUT2D eigenvalue weighted by Gasteiger charge is 1.97. The first-order chi connectivity index (χ1) is 7.27. The molecule has 0 aliphatic carbocycles. The van der Waals surface area contributed by atoms with E-state index >= 15 is 0 Å². The molecule has 2 heteroatoms. The monoisotopic (exact) mass is 200 g/mol. The van der Waals surface area contributed by atoms with Crippen LogP contribution in [0.5, 0.6) is 0 Å². The van der Waals surface area contributed by atoms with E-state index in [1.165, 1.54) is 0 Å². The van der Waals surface area contributed by atoms with Gasteiger partial charge in [0, 0.05) is 0 Å². The summed E-state index contributed by atoms with van der Waals surface area (Å²) in [6.07, 6.45) is 10.4. The number of nitrogens with zero attached hydrogens (tertiary/aromatic N) is 1. The van der Waals surface area contributed by atoms with Crippen molar-refractivity contribution in [1.82, 2.24) is 4.98 Å². The summed E-state index contributed by atoms with van der Waals surface area (Å²) < 4.78 is 0. The maximum atomic E-state index is 5.58. The van der Waals surface area contributed by atoms with Crippen molar-refractivity contribution in [3.05, 3.63) is 54.9 Å². The van der Waals surface area contributed by atoms with Gasteiger partial charge in [-0.3, -0.25) is 4.98 Å². The number of allylic oxidation sites excluding steroid dienone is 5. The van der Waals surface area contributed by atoms with Crippen LogP contribution in [0.25, 0.3) is 5.57 Å². The fourth-order valence-electron chi connectivity index (χ4n) is 1.23. The standard InChI is InChI=1S/C13H16N2/c1-3-5-7-11(6-4-2)13-9-8-12(14)10-15-13/h3,5-10H,1,4,14H2,2H3/b7-5-,11-6+. The van der Waals surface area contributed by atoms with E-state index in [2.05, 4.69) is 24.6 Å². The first-order valence-corrected chi connectivity index (χ1v) is 4.99. The van der Waals surface area contributed by atoms with Gasteiger partial charge in [-0.15, -0.1) is 0 Å². The summed E-state index contributed by atoms with van der Waals surface area (Å²) >= 11 is 0. The van der Waals surface area contributed by atoms with Crippen LogP contribution in [0.4, 0.5) is 5.69 Å². The van der Waals surface area contributed by atoms with Crippen LogP contribution >= 0.6 is 0 Å². The van der Waals surface area contributed by atoms with Gasteiger partial charge in [-0.25, -0.2) is 0 Å². The van der Waals surface area contributed by atoms with E-state index in [4.69, 9.17) is 5.73 Å². The Balaban J connectivity index is 2.99. The van der Waals surface area contributed by atoms with Crippen molar-refractivity contribution in [3.8, 4) is 0 Å². The number of nitrogen functional groups attached to an aromatic ring is 1. The lowest BCUT2D eigenvalue weighted by Crippen LogP contribution is -1.90. The SMILES string of the molecule is C=C/C=C\C(=C/CC)c1ccc(N)cn1. The molecule has 0 saturated carbocycles. The molecule has 0 fully saturated rings. The highest BCUT2D eigenvalue weighted by atomic mass is 14.7. The Kier molecular flexibility index (Phi) is 4.35. The molecule has 0 aromatic carbocycles. The lowest BCUT2D eigenvalue weighted by Gasteiger charge is -2.01. The average molecular weight is 200 g/mol. The summed E-state index contributed by atoms with van der Waals surface area (Å²) in [7, 11) is 0. The molecule has 0 atom stereocenters. The Morgan fingerprint density at radius 1 is 1.53 bits per heavy atom. The fraction of sp³-hybridized carbons (Fsp3) is 0.154. The second kappa shape index (κ2) is 5.81. The van der Waals surface area contributed by atoms with Crippen molar-refractivity contribution >= 4 is 11.3 Å². The third kappa shape index (κ3) is 3.43. The Morgan fingerprint density at radius 2 is 2.33 bits per heavy atom. The predicted molar refractivity (Wildman–Crippen MR) is 66.3 cm³/mol. The predicted octanol–water partition coefficient (Wildman–Crippen LogP) is 3.20. The number of hydrogen-bond donors (Lipinski definition) is 1. The van der Waals surface area contributed by atoms with Gasteiger partial charge in [-0.1, -0.05) is 37.8 Å². The zero-order valence-corrected chi connectivity index (χ0v) is 8.98. The Morgan fingerprint density at radius 3 is 2.87 bits per heavy atom. The Labute approximate surface area is 90.8 Å². The van der Waals surface area contributed by atoms with Gasteiger partial charge in [0.1, 0.15) is 0 Å². The van der Waals surface area contributed by atoms with Gasteiger partial charge in [-0.2, -0.15) is 0 Å². The molecule has 15 heavy (non-hydrogen) atoms. The second-order valence-electron chi connectivity index (χ2n) is 3.14. The third-order valence-electron chi connectivity index (χ3n) is 1.92. The van der Waals surface area contributed by atoms with Crippen molar-refractivity contribution in [3.63, 3.8) is 0 Å². The fourth-order valence-corrected chi connectivity index (χ4v) is 1.23. The number of rotatable bonds is 4. The molecule has 2 N–H and O–H groups in total. The van der Waals surface area contributed by atoms with Crippen molar-refractivity contribution in [1.29, 1.82) is 0 Å².